The standard InChI is InChI=1S/C9H18F3N3O/c1-7(15(2)3)4-14-8(16)5-13-6-9(10,11)12/h7,13H,4-6H2,1-3H3,(H,14,16). The fraction of sp³-hybridized carbons (Fsp3) is 0.889. The molecule has 4 nitrogen and oxygen atoms in total. The molecule has 2 N–H and O–H groups in total. The highest BCUT2D eigenvalue weighted by atomic mass is 19.4. The first-order valence-corrected chi connectivity index (χ1v) is 4.93. The topological polar surface area (TPSA) is 44.4 Å². The molecular formula is C9H18F3N3O. The number of hydrogen-bond acceptors (Lipinski definition) is 3. The molecule has 0 spiro atoms. The van der Waals surface area contributed by atoms with Crippen molar-refractivity contribution in [2.24, 2.45) is 0 Å². The van der Waals surface area contributed by atoms with Crippen LogP contribution in [0.15, 0.2) is 0 Å². The average molecular weight is 241 g/mol. The minimum Gasteiger partial charge on any atom is -0.353 e. The second-order valence-corrected chi connectivity index (χ2v) is 3.84. The van der Waals surface area contributed by atoms with E-state index in [2.05, 4.69) is 5.32 Å². The highest BCUT2D eigenvalue weighted by Gasteiger charge is 2.26. The van der Waals surface area contributed by atoms with Crippen LogP contribution >= 0.6 is 0 Å². The maximum Gasteiger partial charge on any atom is 0.401 e. The Bertz CT molecular complexity index is 219. The third-order valence-electron chi connectivity index (χ3n) is 2.09. The van der Waals surface area contributed by atoms with Gasteiger partial charge in [-0.2, -0.15) is 13.2 Å². The van der Waals surface area contributed by atoms with Crippen molar-refractivity contribution in [3.8, 4) is 0 Å². The predicted octanol–water partition coefficient (Wildman–Crippen LogP) is 0.205. The van der Waals surface area contributed by atoms with Crippen LogP contribution in [0.25, 0.3) is 0 Å². The molecule has 0 radical (unpaired) electrons. The van der Waals surface area contributed by atoms with Gasteiger partial charge in [-0.1, -0.05) is 0 Å². The Labute approximate surface area is 93.2 Å². The van der Waals surface area contributed by atoms with Crippen LogP contribution in [0.2, 0.25) is 0 Å². The molecule has 0 rings (SSSR count). The number of nitrogens with zero attached hydrogens (tertiary/aromatic N) is 1. The van der Waals surface area contributed by atoms with Crippen molar-refractivity contribution in [3.05, 3.63) is 0 Å². The van der Waals surface area contributed by atoms with Crippen LogP contribution < -0.4 is 10.6 Å². The Balaban J connectivity index is 3.60. The van der Waals surface area contributed by atoms with E-state index in [0.717, 1.165) is 0 Å². The third kappa shape index (κ3) is 8.49. The van der Waals surface area contributed by atoms with Crippen LogP contribution in [0, 0.1) is 0 Å². The molecule has 0 aliphatic rings. The maximum atomic E-state index is 11.7. The molecule has 0 aliphatic carbocycles. The van der Waals surface area contributed by atoms with E-state index in [9.17, 15) is 18.0 Å². The van der Waals surface area contributed by atoms with Gasteiger partial charge in [0.05, 0.1) is 13.1 Å². The minimum absolute atomic E-state index is 0.145. The van der Waals surface area contributed by atoms with E-state index in [-0.39, 0.29) is 12.6 Å². The van der Waals surface area contributed by atoms with Crippen molar-refractivity contribution in [1.82, 2.24) is 15.5 Å². The molecule has 0 aromatic heterocycles. The van der Waals surface area contributed by atoms with E-state index in [4.69, 9.17) is 0 Å². The summed E-state index contributed by atoms with van der Waals surface area (Å²) in [4.78, 5) is 13.0. The highest BCUT2D eigenvalue weighted by Crippen LogP contribution is 2.11. The van der Waals surface area contributed by atoms with E-state index in [1.807, 2.05) is 31.2 Å². The number of likely N-dealkylation sites (N-methyl/N-ethyl adjacent to an activating group) is 1. The van der Waals surface area contributed by atoms with Crippen molar-refractivity contribution in [1.29, 1.82) is 0 Å². The Morgan fingerprint density at radius 1 is 1.38 bits per heavy atom. The lowest BCUT2D eigenvalue weighted by molar-refractivity contribution is -0.128. The Morgan fingerprint density at radius 2 is 1.94 bits per heavy atom. The molecule has 0 saturated heterocycles. The maximum absolute atomic E-state index is 11.7. The summed E-state index contributed by atoms with van der Waals surface area (Å²) in [6.07, 6.45) is -4.28. The van der Waals surface area contributed by atoms with E-state index < -0.39 is 18.6 Å². The van der Waals surface area contributed by atoms with Crippen molar-refractivity contribution in [2.45, 2.75) is 19.1 Å². The molecule has 0 aromatic carbocycles. The highest BCUT2D eigenvalue weighted by molar-refractivity contribution is 5.77. The lowest BCUT2D eigenvalue weighted by Crippen LogP contribution is -2.43. The zero-order valence-corrected chi connectivity index (χ0v) is 9.69. The van der Waals surface area contributed by atoms with E-state index >= 15 is 0 Å². The quantitative estimate of drug-likeness (QED) is 0.698. The average Bonchev–Trinajstić information content (AvgIpc) is 2.11. The fourth-order valence-corrected chi connectivity index (χ4v) is 0.824. The van der Waals surface area contributed by atoms with Crippen LogP contribution in [0.4, 0.5) is 13.2 Å². The Hall–Kier alpha value is -0.820. The molecule has 0 fully saturated rings. The van der Waals surface area contributed by atoms with E-state index in [1.54, 1.807) is 0 Å². The summed E-state index contributed by atoms with van der Waals surface area (Å²) in [5.74, 6) is -0.432. The Kier molecular flexibility index (Phi) is 6.35. The number of alkyl halides is 3. The van der Waals surface area contributed by atoms with Gasteiger partial charge < -0.3 is 15.5 Å². The second-order valence-electron chi connectivity index (χ2n) is 3.84. The van der Waals surface area contributed by atoms with Gasteiger partial charge in [0.1, 0.15) is 0 Å². The van der Waals surface area contributed by atoms with Crippen LogP contribution in [-0.4, -0.2) is 56.8 Å². The van der Waals surface area contributed by atoms with Crippen LogP contribution in [0.3, 0.4) is 0 Å². The summed E-state index contributed by atoms with van der Waals surface area (Å²) >= 11 is 0. The monoisotopic (exact) mass is 241 g/mol. The number of carbonyl (C=O) groups is 1. The number of nitrogens with one attached hydrogen (secondary N) is 2. The molecule has 0 aromatic rings. The zero-order valence-electron chi connectivity index (χ0n) is 9.69. The summed E-state index contributed by atoms with van der Waals surface area (Å²) in [7, 11) is 3.72. The van der Waals surface area contributed by atoms with Crippen molar-refractivity contribution < 1.29 is 18.0 Å². The number of halogens is 3. The molecular weight excluding hydrogens is 223 g/mol. The number of hydrogen-bond donors (Lipinski definition) is 2. The molecule has 1 amide bonds. The van der Waals surface area contributed by atoms with Gasteiger partial charge in [-0.05, 0) is 21.0 Å². The molecule has 0 heterocycles. The van der Waals surface area contributed by atoms with Crippen LogP contribution in [0.5, 0.6) is 0 Å². The van der Waals surface area contributed by atoms with E-state index in [1.165, 1.54) is 0 Å². The fourth-order valence-electron chi connectivity index (χ4n) is 0.824. The third-order valence-corrected chi connectivity index (χ3v) is 2.09. The van der Waals surface area contributed by atoms with Crippen molar-refractivity contribution >= 4 is 5.91 Å². The normalized spacial score (nSPS) is 13.9. The van der Waals surface area contributed by atoms with Crippen LogP contribution in [0.1, 0.15) is 6.92 Å². The van der Waals surface area contributed by atoms with Gasteiger partial charge in [-0.3, -0.25) is 4.79 Å². The zero-order chi connectivity index (χ0) is 12.8. The van der Waals surface area contributed by atoms with Crippen molar-refractivity contribution in [2.75, 3.05) is 33.7 Å². The first-order valence-electron chi connectivity index (χ1n) is 4.93. The smallest absolute Gasteiger partial charge is 0.353 e. The first-order chi connectivity index (χ1) is 7.22. The summed E-state index contributed by atoms with van der Waals surface area (Å²) in [6, 6.07) is 0.145. The summed E-state index contributed by atoms with van der Waals surface area (Å²) in [5, 5.41) is 4.57. The van der Waals surface area contributed by atoms with Gasteiger partial charge in [0.25, 0.3) is 0 Å². The number of amides is 1. The molecule has 1 unspecified atom stereocenters. The largest absolute Gasteiger partial charge is 0.401 e. The van der Waals surface area contributed by atoms with Gasteiger partial charge in [-0.25, -0.2) is 0 Å². The summed E-state index contributed by atoms with van der Waals surface area (Å²) in [5.41, 5.74) is 0. The number of rotatable bonds is 6. The van der Waals surface area contributed by atoms with Gasteiger partial charge in [0.2, 0.25) is 5.91 Å². The Morgan fingerprint density at radius 3 is 2.38 bits per heavy atom. The lowest BCUT2D eigenvalue weighted by Gasteiger charge is -2.20. The predicted molar refractivity (Wildman–Crippen MR) is 55.1 cm³/mol. The first kappa shape index (κ1) is 15.2. The van der Waals surface area contributed by atoms with E-state index in [0.29, 0.717) is 6.54 Å². The second kappa shape index (κ2) is 6.70. The minimum atomic E-state index is -4.28. The van der Waals surface area contributed by atoms with Crippen LogP contribution in [-0.2, 0) is 4.79 Å². The molecule has 96 valence electrons. The summed E-state index contributed by atoms with van der Waals surface area (Å²) in [6.45, 7) is 0.853. The van der Waals surface area contributed by atoms with Gasteiger partial charge in [0.15, 0.2) is 0 Å². The molecule has 0 bridgehead atoms. The lowest BCUT2D eigenvalue weighted by atomic mass is 10.3. The molecule has 7 heteroatoms. The SMILES string of the molecule is CC(CNC(=O)CNCC(F)(F)F)N(C)C. The molecule has 1 atom stereocenters. The van der Waals surface area contributed by atoms with Gasteiger partial charge >= 0.3 is 6.18 Å². The van der Waals surface area contributed by atoms with Gasteiger partial charge in [-0.15, -0.1) is 0 Å². The molecule has 0 saturated carbocycles. The molecule has 0 aliphatic heterocycles. The molecule has 16 heavy (non-hydrogen) atoms. The van der Waals surface area contributed by atoms with Crippen molar-refractivity contribution in [3.63, 3.8) is 0 Å². The van der Waals surface area contributed by atoms with Gasteiger partial charge in [0, 0.05) is 12.6 Å². The number of carbonyl (C=O) groups excluding carboxylic acids is 1. The summed E-state index contributed by atoms with van der Waals surface area (Å²) < 4.78 is 35.2.